The van der Waals surface area contributed by atoms with Crippen LogP contribution >= 0.6 is 0 Å². The highest BCUT2D eigenvalue weighted by atomic mass is 16.4. The molecular formula is C30H32N2O4. The highest BCUT2D eigenvalue weighted by molar-refractivity contribution is 6.02. The molecule has 0 aliphatic carbocycles. The third-order valence-electron chi connectivity index (χ3n) is 7.09. The highest BCUT2D eigenvalue weighted by Gasteiger charge is 2.65. The second-order valence-electron chi connectivity index (χ2n) is 9.93. The van der Waals surface area contributed by atoms with Crippen LogP contribution in [0.1, 0.15) is 59.8 Å². The molecule has 4 unspecified atom stereocenters. The quantitative estimate of drug-likeness (QED) is 0.446. The lowest BCUT2D eigenvalue weighted by Crippen LogP contribution is -2.57. The maximum absolute atomic E-state index is 14.2. The molecule has 4 rings (SSSR count). The number of hydrogen-bond acceptors (Lipinski definition) is 3. The zero-order valence-electron chi connectivity index (χ0n) is 21.0. The van der Waals surface area contributed by atoms with Crippen molar-refractivity contribution < 1.29 is 19.5 Å². The van der Waals surface area contributed by atoms with Crippen molar-refractivity contribution in [3.05, 3.63) is 107 Å². The van der Waals surface area contributed by atoms with Gasteiger partial charge in [0, 0.05) is 17.5 Å². The topological polar surface area (TPSA) is 86.7 Å². The van der Waals surface area contributed by atoms with Crippen molar-refractivity contribution in [1.29, 1.82) is 0 Å². The van der Waals surface area contributed by atoms with Crippen molar-refractivity contribution in [1.82, 2.24) is 10.2 Å². The van der Waals surface area contributed by atoms with Crippen LogP contribution in [0.4, 0.5) is 4.79 Å². The number of likely N-dealkylation sites (tertiary alicyclic amines) is 1. The number of rotatable bonds is 6. The van der Waals surface area contributed by atoms with Gasteiger partial charge < -0.3 is 15.3 Å². The fourth-order valence-corrected chi connectivity index (χ4v) is 5.42. The number of benzene rings is 3. The van der Waals surface area contributed by atoms with Crippen LogP contribution in [-0.2, 0) is 4.79 Å². The average Bonchev–Trinajstić information content (AvgIpc) is 3.15. The number of carbonyl (C=O) groups is 3. The van der Waals surface area contributed by atoms with Crippen LogP contribution in [0.25, 0.3) is 0 Å². The number of aryl methyl sites for hydroxylation is 1. The van der Waals surface area contributed by atoms with Gasteiger partial charge in [-0.05, 0) is 38.8 Å². The van der Waals surface area contributed by atoms with E-state index in [9.17, 15) is 19.5 Å². The highest BCUT2D eigenvalue weighted by Crippen LogP contribution is 2.56. The summed E-state index contributed by atoms with van der Waals surface area (Å²) in [5, 5.41) is 13.6. The maximum atomic E-state index is 14.2. The molecule has 0 radical (unpaired) electrons. The summed E-state index contributed by atoms with van der Waals surface area (Å²) in [5.41, 5.74) is 1.25. The van der Waals surface area contributed by atoms with Gasteiger partial charge in [-0.15, -0.1) is 0 Å². The fourth-order valence-electron chi connectivity index (χ4n) is 5.42. The zero-order chi connectivity index (χ0) is 26.0. The van der Waals surface area contributed by atoms with E-state index in [0.717, 1.165) is 11.1 Å². The maximum Gasteiger partial charge on any atom is 0.330 e. The van der Waals surface area contributed by atoms with Gasteiger partial charge in [-0.1, -0.05) is 90.5 Å². The number of aliphatic carboxylic acids is 1. The Hall–Kier alpha value is -3.93. The van der Waals surface area contributed by atoms with E-state index < -0.39 is 35.4 Å². The van der Waals surface area contributed by atoms with Crippen LogP contribution < -0.4 is 5.32 Å². The molecule has 186 valence electrons. The van der Waals surface area contributed by atoms with Gasteiger partial charge in [0.25, 0.3) is 0 Å². The van der Waals surface area contributed by atoms with Crippen LogP contribution in [0.15, 0.2) is 84.9 Å². The third kappa shape index (κ3) is 4.39. The van der Waals surface area contributed by atoms with E-state index in [1.807, 2.05) is 81.4 Å². The van der Waals surface area contributed by atoms with Crippen LogP contribution in [0.3, 0.4) is 0 Å². The van der Waals surface area contributed by atoms with Crippen molar-refractivity contribution in [3.63, 3.8) is 0 Å². The summed E-state index contributed by atoms with van der Waals surface area (Å²) in [6.07, 6.45) is 0. The number of Topliss-reactive ketones (excluding diaryl/α,β-unsaturated/α-hetero) is 1. The lowest BCUT2D eigenvalue weighted by atomic mass is 9.71. The number of carboxylic acid groups (broad SMARTS) is 1. The van der Waals surface area contributed by atoms with E-state index in [-0.39, 0.29) is 11.8 Å². The number of nitrogens with zero attached hydrogens (tertiary/aromatic N) is 1. The Morgan fingerprint density at radius 1 is 0.861 bits per heavy atom. The molecule has 2 amide bonds. The average molecular weight is 485 g/mol. The standard InChI is InChI=1S/C30H32N2O4/c1-19(2)31-29(36)32-26(22-17-15-20(3)16-18-22)24(27(33)23-13-9-6-10-14-23)25(30(32,4)28(34)35)21-11-7-5-8-12-21/h5-19,24-26H,1-4H3,(H,31,36)(H,34,35). The first-order chi connectivity index (χ1) is 17.2. The monoisotopic (exact) mass is 484 g/mol. The normalized spacial score (nSPS) is 23.5. The minimum Gasteiger partial charge on any atom is -0.479 e. The van der Waals surface area contributed by atoms with Crippen LogP contribution in [0, 0.1) is 12.8 Å². The van der Waals surface area contributed by atoms with Gasteiger partial charge in [0.05, 0.1) is 12.0 Å². The number of hydrogen-bond donors (Lipinski definition) is 2. The smallest absolute Gasteiger partial charge is 0.330 e. The van der Waals surface area contributed by atoms with Crippen molar-refractivity contribution in [2.45, 2.75) is 51.2 Å². The van der Waals surface area contributed by atoms with Crippen LogP contribution in [-0.4, -0.2) is 39.4 Å². The fraction of sp³-hybridized carbons (Fsp3) is 0.300. The molecule has 1 fully saturated rings. The van der Waals surface area contributed by atoms with Gasteiger partial charge in [0.15, 0.2) is 5.78 Å². The molecule has 3 aromatic rings. The molecule has 0 bridgehead atoms. The van der Waals surface area contributed by atoms with Gasteiger partial charge in [-0.25, -0.2) is 9.59 Å². The zero-order valence-corrected chi connectivity index (χ0v) is 21.0. The van der Waals surface area contributed by atoms with Gasteiger partial charge in [-0.3, -0.25) is 4.79 Å². The number of ketones is 1. The molecule has 1 aliphatic rings. The Morgan fingerprint density at radius 3 is 1.94 bits per heavy atom. The molecule has 1 heterocycles. The molecule has 0 spiro atoms. The predicted octanol–water partition coefficient (Wildman–Crippen LogP) is 5.60. The molecule has 6 nitrogen and oxygen atoms in total. The van der Waals surface area contributed by atoms with E-state index in [4.69, 9.17) is 0 Å². The van der Waals surface area contributed by atoms with Crippen molar-refractivity contribution in [2.24, 2.45) is 5.92 Å². The van der Waals surface area contributed by atoms with Gasteiger partial charge in [-0.2, -0.15) is 0 Å². The Balaban J connectivity index is 2.03. The summed E-state index contributed by atoms with van der Waals surface area (Å²) >= 11 is 0. The number of carbonyl (C=O) groups excluding carboxylic acids is 2. The molecule has 1 aliphatic heterocycles. The number of carboxylic acids is 1. The van der Waals surface area contributed by atoms with E-state index in [2.05, 4.69) is 5.32 Å². The molecule has 1 saturated heterocycles. The van der Waals surface area contributed by atoms with Crippen molar-refractivity contribution in [3.8, 4) is 0 Å². The molecule has 4 atom stereocenters. The van der Waals surface area contributed by atoms with E-state index in [1.54, 1.807) is 31.2 Å². The van der Waals surface area contributed by atoms with E-state index in [0.29, 0.717) is 11.1 Å². The molecule has 36 heavy (non-hydrogen) atoms. The summed E-state index contributed by atoms with van der Waals surface area (Å²) < 4.78 is 0. The largest absolute Gasteiger partial charge is 0.479 e. The van der Waals surface area contributed by atoms with Crippen molar-refractivity contribution in [2.75, 3.05) is 0 Å². The second kappa shape index (κ2) is 9.97. The second-order valence-corrected chi connectivity index (χ2v) is 9.93. The Labute approximate surface area is 212 Å². The van der Waals surface area contributed by atoms with Crippen LogP contribution in [0.5, 0.6) is 0 Å². The van der Waals surface area contributed by atoms with Crippen molar-refractivity contribution >= 4 is 17.8 Å². The van der Waals surface area contributed by atoms with Crippen LogP contribution in [0.2, 0.25) is 0 Å². The van der Waals surface area contributed by atoms with Gasteiger partial charge in [0.2, 0.25) is 0 Å². The molecule has 2 N–H and O–H groups in total. The Bertz CT molecular complexity index is 1240. The molecule has 0 saturated carbocycles. The molecule has 0 aromatic heterocycles. The third-order valence-corrected chi connectivity index (χ3v) is 7.09. The predicted molar refractivity (Wildman–Crippen MR) is 139 cm³/mol. The minimum atomic E-state index is -1.69. The SMILES string of the molecule is Cc1ccc(C2C(C(=O)c3ccccc3)C(c3ccccc3)C(C)(C(=O)O)N2C(=O)NC(C)C)cc1. The summed E-state index contributed by atoms with van der Waals surface area (Å²) in [5.74, 6) is -2.96. The summed E-state index contributed by atoms with van der Waals surface area (Å²) in [6.45, 7) is 7.18. The molecule has 6 heteroatoms. The van der Waals surface area contributed by atoms with E-state index >= 15 is 0 Å². The summed E-state index contributed by atoms with van der Waals surface area (Å²) in [4.78, 5) is 42.5. The number of nitrogens with one attached hydrogen (secondary N) is 1. The summed E-state index contributed by atoms with van der Waals surface area (Å²) in [7, 11) is 0. The first-order valence-corrected chi connectivity index (χ1v) is 12.2. The lowest BCUT2D eigenvalue weighted by Gasteiger charge is -2.38. The molecular weight excluding hydrogens is 452 g/mol. The number of amides is 2. The Kier molecular flexibility index (Phi) is 6.97. The minimum absolute atomic E-state index is 0.192. The van der Waals surface area contributed by atoms with E-state index in [1.165, 1.54) is 4.90 Å². The number of urea groups is 1. The first kappa shape index (κ1) is 25.2. The summed E-state index contributed by atoms with van der Waals surface area (Å²) in [6, 6.07) is 24.2. The Morgan fingerprint density at radius 2 is 1.42 bits per heavy atom. The first-order valence-electron chi connectivity index (χ1n) is 12.2. The molecule has 3 aromatic carbocycles. The van der Waals surface area contributed by atoms with Gasteiger partial charge >= 0.3 is 12.0 Å². The lowest BCUT2D eigenvalue weighted by molar-refractivity contribution is -0.148. The van der Waals surface area contributed by atoms with Gasteiger partial charge in [0.1, 0.15) is 5.54 Å².